The van der Waals surface area contributed by atoms with Crippen LogP contribution in [0, 0.1) is 11.8 Å². The van der Waals surface area contributed by atoms with E-state index in [2.05, 4.69) is 52.3 Å². The molecule has 0 aliphatic heterocycles. The van der Waals surface area contributed by atoms with E-state index in [1.807, 2.05) is 6.07 Å². The average Bonchev–Trinajstić information content (AvgIpc) is 2.82. The Kier molecular flexibility index (Phi) is 4.11. The summed E-state index contributed by atoms with van der Waals surface area (Å²) in [5, 5.41) is 8.21. The highest BCUT2D eigenvalue weighted by molar-refractivity contribution is 7.80. The Hall–Kier alpha value is -1.68. The van der Waals surface area contributed by atoms with Crippen molar-refractivity contribution in [2.45, 2.75) is 19.3 Å². The molecule has 2 N–H and O–H groups in total. The largest absolute Gasteiger partial charge is 0.361 e. The zero-order valence-electron chi connectivity index (χ0n) is 11.4. The molecule has 1 fully saturated rings. The van der Waals surface area contributed by atoms with Gasteiger partial charge in [-0.05, 0) is 43.0 Å². The summed E-state index contributed by atoms with van der Waals surface area (Å²) in [5.41, 5.74) is 5.50. The molecule has 1 aromatic rings. The lowest BCUT2D eigenvalue weighted by atomic mass is 9.74. The second-order valence-corrected chi connectivity index (χ2v) is 5.77. The van der Waals surface area contributed by atoms with Gasteiger partial charge >= 0.3 is 0 Å². The van der Waals surface area contributed by atoms with E-state index in [-0.39, 0.29) is 0 Å². The summed E-state index contributed by atoms with van der Waals surface area (Å²) >= 11 is 5.23. The third-order valence-electron chi connectivity index (χ3n) is 3.99. The predicted octanol–water partition coefficient (Wildman–Crippen LogP) is 2.65. The van der Waals surface area contributed by atoms with Crippen LogP contribution >= 0.6 is 12.2 Å². The van der Waals surface area contributed by atoms with Gasteiger partial charge in [-0.15, -0.1) is 0 Å². The predicted molar refractivity (Wildman–Crippen MR) is 86.7 cm³/mol. The first-order valence-electron chi connectivity index (χ1n) is 7.14. The zero-order chi connectivity index (χ0) is 13.8. The van der Waals surface area contributed by atoms with E-state index in [4.69, 9.17) is 12.2 Å². The van der Waals surface area contributed by atoms with Crippen LogP contribution in [0.1, 0.15) is 18.4 Å². The molecule has 0 aromatic heterocycles. The van der Waals surface area contributed by atoms with Crippen molar-refractivity contribution in [1.82, 2.24) is 10.7 Å². The quantitative estimate of drug-likeness (QED) is 0.507. The molecule has 1 aromatic carbocycles. The molecule has 0 spiro atoms. The average molecular weight is 285 g/mol. The van der Waals surface area contributed by atoms with Crippen LogP contribution in [0.25, 0.3) is 0 Å². The van der Waals surface area contributed by atoms with Crippen LogP contribution in [0.5, 0.6) is 0 Å². The Labute approximate surface area is 125 Å². The van der Waals surface area contributed by atoms with Gasteiger partial charge in [0.15, 0.2) is 5.11 Å². The summed E-state index contributed by atoms with van der Waals surface area (Å²) in [5.74, 6) is 1.37. The number of nitrogens with zero attached hydrogens (tertiary/aromatic N) is 1. The van der Waals surface area contributed by atoms with E-state index in [0.29, 0.717) is 11.0 Å². The van der Waals surface area contributed by atoms with Gasteiger partial charge in [0.1, 0.15) is 0 Å². The number of rotatable bonds is 4. The molecule has 2 aliphatic carbocycles. The van der Waals surface area contributed by atoms with Crippen LogP contribution < -0.4 is 10.7 Å². The zero-order valence-corrected chi connectivity index (χ0v) is 12.2. The van der Waals surface area contributed by atoms with Gasteiger partial charge in [-0.25, -0.2) is 0 Å². The molecule has 0 unspecified atom stereocenters. The topological polar surface area (TPSA) is 36.4 Å². The SMILES string of the molecule is S=C(NCCc1ccccc1)N/N=C1/C[C@@H]2CC=C[C@@H]12. The molecular formula is C16H19N3S. The van der Waals surface area contributed by atoms with Gasteiger partial charge < -0.3 is 5.32 Å². The van der Waals surface area contributed by atoms with Crippen molar-refractivity contribution in [3.63, 3.8) is 0 Å². The van der Waals surface area contributed by atoms with Crippen molar-refractivity contribution in [3.05, 3.63) is 48.0 Å². The molecule has 4 heteroatoms. The molecule has 2 atom stereocenters. The molecule has 1 saturated carbocycles. The highest BCUT2D eigenvalue weighted by Crippen LogP contribution is 2.40. The van der Waals surface area contributed by atoms with Gasteiger partial charge in [-0.3, -0.25) is 5.43 Å². The maximum atomic E-state index is 5.23. The lowest BCUT2D eigenvalue weighted by Gasteiger charge is -2.31. The summed E-state index contributed by atoms with van der Waals surface area (Å²) in [6.45, 7) is 0.826. The second-order valence-electron chi connectivity index (χ2n) is 5.36. The second kappa shape index (κ2) is 6.18. The summed E-state index contributed by atoms with van der Waals surface area (Å²) in [6.07, 6.45) is 7.81. The number of hydrazone groups is 1. The van der Waals surface area contributed by atoms with Gasteiger partial charge in [0.05, 0.1) is 0 Å². The first kappa shape index (κ1) is 13.3. The maximum Gasteiger partial charge on any atom is 0.186 e. The molecule has 20 heavy (non-hydrogen) atoms. The minimum Gasteiger partial charge on any atom is -0.361 e. The maximum absolute atomic E-state index is 5.23. The highest BCUT2D eigenvalue weighted by atomic mass is 32.1. The van der Waals surface area contributed by atoms with Crippen LogP contribution in [0.2, 0.25) is 0 Å². The smallest absolute Gasteiger partial charge is 0.186 e. The molecular weight excluding hydrogens is 266 g/mol. The van der Waals surface area contributed by atoms with E-state index in [0.717, 1.165) is 25.3 Å². The molecule has 3 nitrogen and oxygen atoms in total. The number of thiocarbonyl (C=S) groups is 1. The van der Waals surface area contributed by atoms with Crippen molar-refractivity contribution >= 4 is 23.0 Å². The number of nitrogens with one attached hydrogen (secondary N) is 2. The minimum absolute atomic E-state index is 0.564. The van der Waals surface area contributed by atoms with Crippen LogP contribution in [-0.2, 0) is 6.42 Å². The molecule has 2 aliphatic rings. The van der Waals surface area contributed by atoms with Crippen molar-refractivity contribution in [1.29, 1.82) is 0 Å². The molecule has 0 heterocycles. The van der Waals surface area contributed by atoms with Crippen molar-refractivity contribution in [3.8, 4) is 0 Å². The van der Waals surface area contributed by atoms with Gasteiger partial charge in [-0.1, -0.05) is 42.5 Å². The summed E-state index contributed by atoms with van der Waals surface area (Å²) < 4.78 is 0. The normalized spacial score (nSPS) is 25.1. The molecule has 0 bridgehead atoms. The number of fused-ring (bicyclic) bond motifs is 1. The van der Waals surface area contributed by atoms with Crippen LogP contribution in [0.3, 0.4) is 0 Å². The third-order valence-corrected chi connectivity index (χ3v) is 4.22. The number of benzene rings is 1. The van der Waals surface area contributed by atoms with E-state index in [1.54, 1.807) is 0 Å². The third kappa shape index (κ3) is 3.07. The molecule has 0 saturated heterocycles. The number of allylic oxidation sites excluding steroid dienone is 2. The van der Waals surface area contributed by atoms with Crippen LogP contribution in [0.4, 0.5) is 0 Å². The molecule has 0 radical (unpaired) electrons. The number of hydrogen-bond donors (Lipinski definition) is 2. The minimum atomic E-state index is 0.564. The van der Waals surface area contributed by atoms with Gasteiger partial charge in [0.2, 0.25) is 0 Å². The lowest BCUT2D eigenvalue weighted by molar-refractivity contribution is 0.444. The van der Waals surface area contributed by atoms with Crippen molar-refractivity contribution in [2.24, 2.45) is 16.9 Å². The molecule has 104 valence electrons. The first-order valence-corrected chi connectivity index (χ1v) is 7.54. The lowest BCUT2D eigenvalue weighted by Crippen LogP contribution is -2.38. The van der Waals surface area contributed by atoms with Gasteiger partial charge in [0, 0.05) is 18.2 Å². The van der Waals surface area contributed by atoms with E-state index >= 15 is 0 Å². The number of hydrogen-bond acceptors (Lipinski definition) is 2. The van der Waals surface area contributed by atoms with E-state index < -0.39 is 0 Å². The van der Waals surface area contributed by atoms with Gasteiger partial charge in [-0.2, -0.15) is 5.10 Å². The van der Waals surface area contributed by atoms with Gasteiger partial charge in [0.25, 0.3) is 0 Å². The summed E-state index contributed by atoms with van der Waals surface area (Å²) in [7, 11) is 0. The Bertz CT molecular complexity index is 536. The van der Waals surface area contributed by atoms with Crippen molar-refractivity contribution in [2.75, 3.05) is 6.54 Å². The van der Waals surface area contributed by atoms with E-state index in [9.17, 15) is 0 Å². The Morgan fingerprint density at radius 2 is 2.15 bits per heavy atom. The highest BCUT2D eigenvalue weighted by Gasteiger charge is 2.37. The summed E-state index contributed by atoms with van der Waals surface area (Å²) in [6, 6.07) is 10.4. The molecule has 3 rings (SSSR count). The molecule has 0 amide bonds. The standard InChI is InChI=1S/C16H19N3S/c20-16(17-10-9-12-5-2-1-3-6-12)19-18-15-11-13-7-4-8-14(13)15/h1-6,8,13-14H,7,9-11H2,(H2,17,19,20)/b18-15-/t13-,14+/m0/s1. The summed E-state index contributed by atoms with van der Waals surface area (Å²) in [4.78, 5) is 0. The Morgan fingerprint density at radius 1 is 1.30 bits per heavy atom. The Morgan fingerprint density at radius 3 is 2.95 bits per heavy atom. The first-order chi connectivity index (χ1) is 9.83. The van der Waals surface area contributed by atoms with E-state index in [1.165, 1.54) is 17.7 Å². The fraction of sp³-hybridized carbons (Fsp3) is 0.375. The van der Waals surface area contributed by atoms with Crippen LogP contribution in [0.15, 0.2) is 47.6 Å². The fourth-order valence-electron chi connectivity index (χ4n) is 2.79. The fourth-order valence-corrected chi connectivity index (χ4v) is 2.94. The van der Waals surface area contributed by atoms with Crippen LogP contribution in [-0.4, -0.2) is 17.4 Å². The Balaban J connectivity index is 1.38. The van der Waals surface area contributed by atoms with Crippen molar-refractivity contribution < 1.29 is 0 Å². The monoisotopic (exact) mass is 285 g/mol.